The minimum absolute atomic E-state index is 0.107. The number of hydrogen-bond donors (Lipinski definition) is 2. The van der Waals surface area contributed by atoms with Crippen LogP contribution in [0.2, 0.25) is 0 Å². The van der Waals surface area contributed by atoms with Crippen LogP contribution in [0.15, 0.2) is 0 Å². The lowest BCUT2D eigenvalue weighted by Crippen LogP contribution is -2.46. The van der Waals surface area contributed by atoms with Crippen LogP contribution < -0.4 is 5.32 Å². The molecule has 19 heavy (non-hydrogen) atoms. The number of carbonyl (C=O) groups excluding carboxylic acids is 1. The van der Waals surface area contributed by atoms with Gasteiger partial charge in [-0.05, 0) is 53.4 Å². The molecule has 2 N–H and O–H groups in total. The van der Waals surface area contributed by atoms with Crippen molar-refractivity contribution < 1.29 is 22.5 Å². The molecule has 112 valence electrons. The maximum atomic E-state index is 11.6. The molecular formula is C12H23NO5S. The summed E-state index contributed by atoms with van der Waals surface area (Å²) in [6.45, 7) is 6.88. The van der Waals surface area contributed by atoms with E-state index in [2.05, 4.69) is 5.32 Å². The highest BCUT2D eigenvalue weighted by Gasteiger charge is 2.41. The zero-order chi connectivity index (χ0) is 14.9. The molecule has 1 fully saturated rings. The minimum Gasteiger partial charge on any atom is -0.444 e. The summed E-state index contributed by atoms with van der Waals surface area (Å²) in [4.78, 5) is 11.6. The molecule has 1 aliphatic rings. The molecule has 1 amide bonds. The average Bonchev–Trinajstić information content (AvgIpc) is 2.17. The largest absolute Gasteiger partial charge is 0.444 e. The van der Waals surface area contributed by atoms with Gasteiger partial charge in [0.1, 0.15) is 5.60 Å². The summed E-state index contributed by atoms with van der Waals surface area (Å²) in [5, 5.41) is 2.73. The molecule has 0 aliphatic heterocycles. The van der Waals surface area contributed by atoms with E-state index in [4.69, 9.17) is 4.74 Å². The van der Waals surface area contributed by atoms with Crippen LogP contribution >= 0.6 is 0 Å². The normalized spacial score (nSPS) is 28.8. The molecule has 0 unspecified atom stereocenters. The Morgan fingerprint density at radius 2 is 1.79 bits per heavy atom. The molecule has 0 spiro atoms. The highest BCUT2D eigenvalue weighted by molar-refractivity contribution is 7.87. The third-order valence-electron chi connectivity index (χ3n) is 3.39. The average molecular weight is 293 g/mol. The molecule has 0 heterocycles. The number of amides is 1. The van der Waals surface area contributed by atoms with E-state index in [1.54, 1.807) is 20.8 Å². The molecule has 6 nitrogen and oxygen atoms in total. The van der Waals surface area contributed by atoms with Crippen molar-refractivity contribution >= 4 is 16.2 Å². The van der Waals surface area contributed by atoms with E-state index in [0.29, 0.717) is 25.7 Å². The van der Waals surface area contributed by atoms with E-state index in [1.165, 1.54) is 6.92 Å². The number of nitrogens with one attached hydrogen (secondary N) is 1. The molecule has 1 rings (SSSR count). The lowest BCUT2D eigenvalue weighted by molar-refractivity contribution is 0.0490. The summed E-state index contributed by atoms with van der Waals surface area (Å²) < 4.78 is 35.8. The van der Waals surface area contributed by atoms with Crippen molar-refractivity contribution in [3.8, 4) is 0 Å². The lowest BCUT2D eigenvalue weighted by Gasteiger charge is -2.35. The van der Waals surface area contributed by atoms with Gasteiger partial charge in [0.15, 0.2) is 0 Å². The maximum absolute atomic E-state index is 11.6. The molecule has 0 aromatic rings. The zero-order valence-electron chi connectivity index (χ0n) is 11.9. The topological polar surface area (TPSA) is 92.7 Å². The van der Waals surface area contributed by atoms with Gasteiger partial charge in [0.2, 0.25) is 0 Å². The van der Waals surface area contributed by atoms with Gasteiger partial charge in [0.25, 0.3) is 10.1 Å². The molecule has 0 atom stereocenters. The molecule has 0 aromatic heterocycles. The third-order valence-corrected chi connectivity index (χ3v) is 5.04. The van der Waals surface area contributed by atoms with Crippen LogP contribution in [0.3, 0.4) is 0 Å². The van der Waals surface area contributed by atoms with Gasteiger partial charge < -0.3 is 10.1 Å². The Morgan fingerprint density at radius 1 is 1.32 bits per heavy atom. The first-order chi connectivity index (χ1) is 8.43. The highest BCUT2D eigenvalue weighted by atomic mass is 32.2. The molecule has 0 radical (unpaired) electrons. The quantitative estimate of drug-likeness (QED) is 0.761. The first-order valence-electron chi connectivity index (χ1n) is 6.39. The van der Waals surface area contributed by atoms with Crippen molar-refractivity contribution in [2.45, 2.75) is 69.8 Å². The van der Waals surface area contributed by atoms with Crippen LogP contribution in [-0.4, -0.2) is 35.5 Å². The summed E-state index contributed by atoms with van der Waals surface area (Å²) in [6, 6.07) is -0.107. The van der Waals surface area contributed by atoms with Crippen LogP contribution in [0.1, 0.15) is 53.4 Å². The van der Waals surface area contributed by atoms with E-state index in [-0.39, 0.29) is 6.04 Å². The van der Waals surface area contributed by atoms with Gasteiger partial charge in [-0.15, -0.1) is 0 Å². The number of rotatable bonds is 2. The zero-order valence-corrected chi connectivity index (χ0v) is 12.7. The van der Waals surface area contributed by atoms with Crippen molar-refractivity contribution in [2.75, 3.05) is 0 Å². The number of hydrogen-bond acceptors (Lipinski definition) is 4. The summed E-state index contributed by atoms with van der Waals surface area (Å²) in [5.74, 6) is 0. The summed E-state index contributed by atoms with van der Waals surface area (Å²) in [5.41, 5.74) is -0.554. The monoisotopic (exact) mass is 293 g/mol. The fraction of sp³-hybridized carbons (Fsp3) is 0.917. The van der Waals surface area contributed by atoms with E-state index >= 15 is 0 Å². The molecule has 0 bridgehead atoms. The smallest absolute Gasteiger partial charge is 0.407 e. The van der Waals surface area contributed by atoms with Crippen LogP contribution in [0.4, 0.5) is 4.79 Å². The summed E-state index contributed by atoms with van der Waals surface area (Å²) >= 11 is 0. The van der Waals surface area contributed by atoms with Crippen molar-refractivity contribution in [1.82, 2.24) is 5.32 Å². The predicted molar refractivity (Wildman–Crippen MR) is 71.6 cm³/mol. The summed E-state index contributed by atoms with van der Waals surface area (Å²) in [6.07, 6.45) is 1.18. The second-order valence-electron chi connectivity index (χ2n) is 6.35. The van der Waals surface area contributed by atoms with Gasteiger partial charge in [0.05, 0.1) is 4.75 Å². The van der Waals surface area contributed by atoms with Crippen molar-refractivity contribution in [3.63, 3.8) is 0 Å². The fourth-order valence-electron chi connectivity index (χ4n) is 2.10. The van der Waals surface area contributed by atoms with Gasteiger partial charge in [0, 0.05) is 6.04 Å². The van der Waals surface area contributed by atoms with Crippen molar-refractivity contribution in [2.24, 2.45) is 0 Å². The van der Waals surface area contributed by atoms with Crippen LogP contribution in [0, 0.1) is 0 Å². The van der Waals surface area contributed by atoms with Gasteiger partial charge in [-0.3, -0.25) is 4.55 Å². The molecule has 0 saturated heterocycles. The van der Waals surface area contributed by atoms with Gasteiger partial charge >= 0.3 is 6.09 Å². The third kappa shape index (κ3) is 4.65. The fourth-order valence-corrected chi connectivity index (χ4v) is 2.86. The van der Waals surface area contributed by atoms with Crippen LogP contribution in [-0.2, 0) is 14.9 Å². The molecule has 1 aliphatic carbocycles. The van der Waals surface area contributed by atoms with Gasteiger partial charge in [-0.25, -0.2) is 4.79 Å². The second kappa shape index (κ2) is 5.28. The Bertz CT molecular complexity index is 430. The Morgan fingerprint density at radius 3 is 2.16 bits per heavy atom. The Kier molecular flexibility index (Phi) is 4.51. The Labute approximate surface area is 114 Å². The number of alkyl carbamates (subject to hydrolysis) is 1. The SMILES string of the molecule is CC(C)(C)OC(=O)NC1CCC(C)(S(=O)(=O)O)CC1. The summed E-state index contributed by atoms with van der Waals surface area (Å²) in [7, 11) is -4.05. The first kappa shape index (κ1) is 16.2. The minimum atomic E-state index is -4.05. The second-order valence-corrected chi connectivity index (χ2v) is 8.28. The molecule has 0 aromatic carbocycles. The van der Waals surface area contributed by atoms with E-state index in [9.17, 15) is 17.8 Å². The Balaban J connectivity index is 2.50. The Hall–Kier alpha value is -0.820. The van der Waals surface area contributed by atoms with Crippen molar-refractivity contribution in [1.29, 1.82) is 0 Å². The lowest BCUT2D eigenvalue weighted by atomic mass is 9.86. The van der Waals surface area contributed by atoms with Crippen LogP contribution in [0.5, 0.6) is 0 Å². The predicted octanol–water partition coefficient (Wildman–Crippen LogP) is 2.10. The highest BCUT2D eigenvalue weighted by Crippen LogP contribution is 2.34. The molecular weight excluding hydrogens is 270 g/mol. The number of ether oxygens (including phenoxy) is 1. The molecule has 7 heteroatoms. The van der Waals surface area contributed by atoms with Crippen molar-refractivity contribution in [3.05, 3.63) is 0 Å². The first-order valence-corrected chi connectivity index (χ1v) is 7.83. The number of carbonyl (C=O) groups is 1. The standard InChI is InChI=1S/C12H23NO5S/c1-11(2,3)18-10(14)13-9-5-7-12(4,8-6-9)19(15,16)17/h9H,5-8H2,1-4H3,(H,13,14)(H,15,16,17). The maximum Gasteiger partial charge on any atom is 0.407 e. The van der Waals surface area contributed by atoms with E-state index < -0.39 is 26.6 Å². The van der Waals surface area contributed by atoms with E-state index in [0.717, 1.165) is 0 Å². The van der Waals surface area contributed by atoms with Gasteiger partial charge in [-0.2, -0.15) is 8.42 Å². The van der Waals surface area contributed by atoms with E-state index in [1.807, 2.05) is 0 Å². The van der Waals surface area contributed by atoms with Crippen LogP contribution in [0.25, 0.3) is 0 Å². The molecule has 1 saturated carbocycles. The van der Waals surface area contributed by atoms with Gasteiger partial charge in [-0.1, -0.05) is 0 Å².